The summed E-state index contributed by atoms with van der Waals surface area (Å²) in [7, 11) is 1.34. The fraction of sp³-hybridized carbons (Fsp3) is 0.385. The predicted molar refractivity (Wildman–Crippen MR) is 75.1 cm³/mol. The molecule has 1 aromatic rings. The number of rotatable bonds is 1. The SMILES string of the molecule is COC(=O)N1CCN(C(=O)c2cc(N)cc(N)c2)CC1. The van der Waals surface area contributed by atoms with E-state index in [1.54, 1.807) is 28.0 Å². The number of benzene rings is 1. The highest BCUT2D eigenvalue weighted by atomic mass is 16.5. The van der Waals surface area contributed by atoms with Crippen LogP contribution in [-0.4, -0.2) is 55.1 Å². The van der Waals surface area contributed by atoms with E-state index in [0.29, 0.717) is 43.1 Å². The summed E-state index contributed by atoms with van der Waals surface area (Å²) < 4.78 is 4.65. The molecule has 108 valence electrons. The van der Waals surface area contributed by atoms with E-state index >= 15 is 0 Å². The van der Waals surface area contributed by atoms with Gasteiger partial charge in [-0.1, -0.05) is 0 Å². The molecule has 2 rings (SSSR count). The van der Waals surface area contributed by atoms with Crippen LogP contribution < -0.4 is 11.5 Å². The number of carbonyl (C=O) groups excluding carboxylic acids is 2. The van der Waals surface area contributed by atoms with Crippen LogP contribution in [0.3, 0.4) is 0 Å². The first-order valence-electron chi connectivity index (χ1n) is 6.29. The van der Waals surface area contributed by atoms with Gasteiger partial charge < -0.3 is 26.0 Å². The fourth-order valence-corrected chi connectivity index (χ4v) is 2.20. The number of carbonyl (C=O) groups is 2. The number of nitrogens with two attached hydrogens (primary N) is 2. The molecular weight excluding hydrogens is 260 g/mol. The standard InChI is InChI=1S/C13H18N4O3/c1-20-13(19)17-4-2-16(3-5-17)12(18)9-6-10(14)8-11(15)7-9/h6-8H,2-5,14-15H2,1H3. The second kappa shape index (κ2) is 5.68. The Kier molecular flexibility index (Phi) is 3.97. The molecule has 0 bridgehead atoms. The highest BCUT2D eigenvalue weighted by Gasteiger charge is 2.25. The van der Waals surface area contributed by atoms with Crippen molar-refractivity contribution in [2.75, 3.05) is 44.8 Å². The minimum Gasteiger partial charge on any atom is -0.453 e. The molecule has 0 aliphatic carbocycles. The maximum atomic E-state index is 12.3. The maximum Gasteiger partial charge on any atom is 0.409 e. The van der Waals surface area contributed by atoms with Crippen LogP contribution in [0.1, 0.15) is 10.4 Å². The number of anilines is 2. The first-order valence-corrected chi connectivity index (χ1v) is 6.29. The van der Waals surface area contributed by atoms with E-state index in [4.69, 9.17) is 11.5 Å². The third-order valence-electron chi connectivity index (χ3n) is 3.22. The van der Waals surface area contributed by atoms with Crippen LogP contribution in [0.4, 0.5) is 16.2 Å². The van der Waals surface area contributed by atoms with E-state index in [0.717, 1.165) is 0 Å². The van der Waals surface area contributed by atoms with Gasteiger partial charge in [0.15, 0.2) is 0 Å². The molecule has 4 N–H and O–H groups in total. The smallest absolute Gasteiger partial charge is 0.409 e. The van der Waals surface area contributed by atoms with Gasteiger partial charge in [-0.3, -0.25) is 4.79 Å². The van der Waals surface area contributed by atoms with E-state index < -0.39 is 0 Å². The molecule has 0 saturated carbocycles. The van der Waals surface area contributed by atoms with Gasteiger partial charge in [-0.2, -0.15) is 0 Å². The fourth-order valence-electron chi connectivity index (χ4n) is 2.20. The molecule has 1 aliphatic rings. The number of methoxy groups -OCH3 is 1. The van der Waals surface area contributed by atoms with E-state index in [1.807, 2.05) is 0 Å². The van der Waals surface area contributed by atoms with Crippen LogP contribution in [0, 0.1) is 0 Å². The summed E-state index contributed by atoms with van der Waals surface area (Å²) >= 11 is 0. The molecule has 0 aromatic heterocycles. The summed E-state index contributed by atoms with van der Waals surface area (Å²) in [5.74, 6) is -0.131. The second-order valence-corrected chi connectivity index (χ2v) is 4.64. The van der Waals surface area contributed by atoms with Gasteiger partial charge in [-0.15, -0.1) is 0 Å². The van der Waals surface area contributed by atoms with Crippen LogP contribution >= 0.6 is 0 Å². The van der Waals surface area contributed by atoms with E-state index in [-0.39, 0.29) is 12.0 Å². The largest absolute Gasteiger partial charge is 0.453 e. The van der Waals surface area contributed by atoms with Crippen molar-refractivity contribution < 1.29 is 14.3 Å². The van der Waals surface area contributed by atoms with Crippen molar-refractivity contribution in [3.63, 3.8) is 0 Å². The molecule has 7 heteroatoms. The average molecular weight is 278 g/mol. The van der Waals surface area contributed by atoms with Crippen LogP contribution in [0.15, 0.2) is 18.2 Å². The number of nitrogens with zero attached hydrogens (tertiary/aromatic N) is 2. The van der Waals surface area contributed by atoms with Crippen LogP contribution in [0.25, 0.3) is 0 Å². The topological polar surface area (TPSA) is 102 Å². The molecule has 1 fully saturated rings. The molecule has 20 heavy (non-hydrogen) atoms. The van der Waals surface area contributed by atoms with Crippen molar-refractivity contribution in [1.29, 1.82) is 0 Å². The van der Waals surface area contributed by atoms with Gasteiger partial charge in [0.25, 0.3) is 5.91 Å². The molecule has 0 unspecified atom stereocenters. The maximum absolute atomic E-state index is 12.3. The van der Waals surface area contributed by atoms with Crippen LogP contribution in [0.2, 0.25) is 0 Å². The lowest BCUT2D eigenvalue weighted by Gasteiger charge is -2.33. The molecule has 1 saturated heterocycles. The van der Waals surface area contributed by atoms with Gasteiger partial charge in [-0.25, -0.2) is 4.79 Å². The van der Waals surface area contributed by atoms with Crippen LogP contribution in [-0.2, 0) is 4.74 Å². The quantitative estimate of drug-likeness (QED) is 0.723. The number of hydrogen-bond donors (Lipinski definition) is 2. The Morgan fingerprint density at radius 2 is 1.50 bits per heavy atom. The zero-order valence-electron chi connectivity index (χ0n) is 11.3. The summed E-state index contributed by atoms with van der Waals surface area (Å²) in [6, 6.07) is 4.81. The van der Waals surface area contributed by atoms with Crippen molar-refractivity contribution in [2.45, 2.75) is 0 Å². The lowest BCUT2D eigenvalue weighted by atomic mass is 10.1. The normalized spacial score (nSPS) is 15.1. The van der Waals surface area contributed by atoms with Gasteiger partial charge >= 0.3 is 6.09 Å². The highest BCUT2D eigenvalue weighted by molar-refractivity contribution is 5.96. The Bertz CT molecular complexity index is 504. The second-order valence-electron chi connectivity index (χ2n) is 4.64. The molecule has 7 nitrogen and oxygen atoms in total. The summed E-state index contributed by atoms with van der Waals surface area (Å²) in [6.45, 7) is 1.83. The van der Waals surface area contributed by atoms with Crippen LogP contribution in [0.5, 0.6) is 0 Å². The van der Waals surface area contributed by atoms with Crippen molar-refractivity contribution in [2.24, 2.45) is 0 Å². The summed E-state index contributed by atoms with van der Waals surface area (Å²) in [5.41, 5.74) is 12.8. The van der Waals surface area contributed by atoms with Crippen molar-refractivity contribution in [3.05, 3.63) is 23.8 Å². The third-order valence-corrected chi connectivity index (χ3v) is 3.22. The monoisotopic (exact) mass is 278 g/mol. The lowest BCUT2D eigenvalue weighted by molar-refractivity contribution is 0.0600. The Labute approximate surface area is 117 Å². The first-order chi connectivity index (χ1) is 9.51. The zero-order valence-corrected chi connectivity index (χ0v) is 11.3. The minimum absolute atomic E-state index is 0.131. The third kappa shape index (κ3) is 2.93. The molecule has 1 aromatic carbocycles. The Morgan fingerprint density at radius 1 is 1.00 bits per heavy atom. The molecule has 0 radical (unpaired) electrons. The Balaban J connectivity index is 2.03. The number of nitrogen functional groups attached to an aromatic ring is 2. The number of hydrogen-bond acceptors (Lipinski definition) is 5. The summed E-state index contributed by atoms with van der Waals surface area (Å²) in [6.07, 6.45) is -0.370. The summed E-state index contributed by atoms with van der Waals surface area (Å²) in [4.78, 5) is 26.9. The van der Waals surface area contributed by atoms with E-state index in [2.05, 4.69) is 4.74 Å². The van der Waals surface area contributed by atoms with E-state index in [9.17, 15) is 9.59 Å². The molecular formula is C13H18N4O3. The molecule has 0 spiro atoms. The van der Waals surface area contributed by atoms with Gasteiger partial charge in [0, 0.05) is 43.1 Å². The van der Waals surface area contributed by atoms with Crippen molar-refractivity contribution >= 4 is 23.4 Å². The molecule has 1 heterocycles. The first kappa shape index (κ1) is 14.0. The van der Waals surface area contributed by atoms with Gasteiger partial charge in [0.2, 0.25) is 0 Å². The van der Waals surface area contributed by atoms with E-state index in [1.165, 1.54) is 7.11 Å². The van der Waals surface area contributed by atoms with Gasteiger partial charge in [-0.05, 0) is 18.2 Å². The lowest BCUT2D eigenvalue weighted by Crippen LogP contribution is -2.50. The molecule has 0 atom stereocenters. The summed E-state index contributed by atoms with van der Waals surface area (Å²) in [5, 5.41) is 0. The number of piperazine rings is 1. The van der Waals surface area contributed by atoms with Crippen molar-refractivity contribution in [3.8, 4) is 0 Å². The molecule has 2 amide bonds. The predicted octanol–water partition coefficient (Wildman–Crippen LogP) is 0.375. The Hall–Kier alpha value is -2.44. The minimum atomic E-state index is -0.370. The number of amides is 2. The van der Waals surface area contributed by atoms with Crippen molar-refractivity contribution in [1.82, 2.24) is 9.80 Å². The molecule has 1 aliphatic heterocycles. The zero-order chi connectivity index (χ0) is 14.7. The Morgan fingerprint density at radius 3 is 2.00 bits per heavy atom. The highest BCUT2D eigenvalue weighted by Crippen LogP contribution is 2.16. The van der Waals surface area contributed by atoms with Gasteiger partial charge in [0.1, 0.15) is 0 Å². The number of ether oxygens (including phenoxy) is 1. The van der Waals surface area contributed by atoms with Gasteiger partial charge in [0.05, 0.1) is 7.11 Å². The average Bonchev–Trinajstić information content (AvgIpc) is 2.45.